The van der Waals surface area contributed by atoms with Crippen molar-refractivity contribution < 1.29 is 13.2 Å². The average Bonchev–Trinajstić information content (AvgIpc) is 2.75. The number of amides is 1. The molecule has 1 fully saturated rings. The maximum absolute atomic E-state index is 11.2. The number of benzene rings is 1. The summed E-state index contributed by atoms with van der Waals surface area (Å²) in [7, 11) is -3.02. The van der Waals surface area contributed by atoms with E-state index in [1.54, 1.807) is 30.5 Å². The topological polar surface area (TPSA) is 88.0 Å². The minimum atomic E-state index is -3.02. The van der Waals surface area contributed by atoms with Gasteiger partial charge in [-0.3, -0.25) is 4.79 Å². The molecule has 8 heteroatoms. The van der Waals surface area contributed by atoms with Crippen LogP contribution in [0.5, 0.6) is 0 Å². The Balaban J connectivity index is 1.98. The van der Waals surface area contributed by atoms with Crippen molar-refractivity contribution in [3.63, 3.8) is 0 Å². The molecule has 2 rings (SSSR count). The SMILES string of the molecule is CS(=O)(=O)Cc1ccc(C=NN=C2NC(=O)CS2)cc1. The fourth-order valence-electron chi connectivity index (χ4n) is 1.53. The van der Waals surface area contributed by atoms with Crippen LogP contribution in [0.15, 0.2) is 34.5 Å². The molecule has 0 saturated carbocycles. The lowest BCUT2D eigenvalue weighted by molar-refractivity contribution is -0.116. The van der Waals surface area contributed by atoms with E-state index in [4.69, 9.17) is 0 Å². The van der Waals surface area contributed by atoms with Crippen LogP contribution in [0.3, 0.4) is 0 Å². The highest BCUT2D eigenvalue weighted by Gasteiger charge is 2.15. The first-order valence-electron chi connectivity index (χ1n) is 5.73. The number of hydrogen-bond acceptors (Lipinski definition) is 6. The lowest BCUT2D eigenvalue weighted by atomic mass is 10.2. The molecule has 1 aliphatic rings. The third-order valence-corrected chi connectivity index (χ3v) is 4.07. The van der Waals surface area contributed by atoms with Gasteiger partial charge in [0.05, 0.1) is 17.7 Å². The molecule has 1 heterocycles. The first kappa shape index (κ1) is 14.7. The van der Waals surface area contributed by atoms with Crippen LogP contribution >= 0.6 is 11.8 Å². The summed E-state index contributed by atoms with van der Waals surface area (Å²) in [6, 6.07) is 7.01. The average molecular weight is 311 g/mol. The van der Waals surface area contributed by atoms with Crippen molar-refractivity contribution in [1.82, 2.24) is 5.32 Å². The Morgan fingerprint density at radius 3 is 2.60 bits per heavy atom. The highest BCUT2D eigenvalue weighted by molar-refractivity contribution is 8.15. The molecular weight excluding hydrogens is 298 g/mol. The van der Waals surface area contributed by atoms with E-state index in [9.17, 15) is 13.2 Å². The van der Waals surface area contributed by atoms with Gasteiger partial charge in [0.25, 0.3) is 0 Å². The number of sulfone groups is 1. The van der Waals surface area contributed by atoms with Gasteiger partial charge in [-0.25, -0.2) is 8.42 Å². The van der Waals surface area contributed by atoms with Crippen molar-refractivity contribution >= 4 is 38.9 Å². The Morgan fingerprint density at radius 2 is 2.05 bits per heavy atom. The summed E-state index contributed by atoms with van der Waals surface area (Å²) in [5.41, 5.74) is 1.54. The Hall–Kier alpha value is -1.67. The Bertz CT molecular complexity index is 664. The molecular formula is C12H13N3O3S2. The van der Waals surface area contributed by atoms with Crippen LogP contribution in [0.1, 0.15) is 11.1 Å². The first-order chi connectivity index (χ1) is 9.42. The van der Waals surface area contributed by atoms with Gasteiger partial charge in [-0.2, -0.15) is 5.10 Å². The quantitative estimate of drug-likeness (QED) is 0.657. The van der Waals surface area contributed by atoms with Crippen LogP contribution in [0.2, 0.25) is 0 Å². The van der Waals surface area contributed by atoms with Gasteiger partial charge in [-0.05, 0) is 11.1 Å². The normalized spacial score (nSPS) is 17.9. The number of thioether (sulfide) groups is 1. The standard InChI is InChI=1S/C12H13N3O3S2/c1-20(17,18)8-10-4-2-9(3-5-10)6-13-15-12-14-11(16)7-19-12/h2-6H,7-8H2,1H3,(H,14,15,16). The second kappa shape index (κ2) is 6.19. The van der Waals surface area contributed by atoms with Crippen LogP contribution < -0.4 is 5.32 Å². The molecule has 0 unspecified atom stereocenters. The molecule has 6 nitrogen and oxygen atoms in total. The van der Waals surface area contributed by atoms with Gasteiger partial charge >= 0.3 is 0 Å². The molecule has 1 saturated heterocycles. The molecule has 1 aromatic carbocycles. The van der Waals surface area contributed by atoms with Crippen LogP contribution in [-0.2, 0) is 20.4 Å². The number of hydrogen-bond donors (Lipinski definition) is 1. The highest BCUT2D eigenvalue weighted by Crippen LogP contribution is 2.09. The second-order valence-electron chi connectivity index (χ2n) is 4.30. The second-order valence-corrected chi connectivity index (χ2v) is 7.40. The van der Waals surface area contributed by atoms with Gasteiger partial charge in [0, 0.05) is 6.26 Å². The number of nitrogens with zero attached hydrogens (tertiary/aromatic N) is 2. The fourth-order valence-corrected chi connectivity index (χ4v) is 2.96. The number of carbonyl (C=O) groups is 1. The van der Waals surface area contributed by atoms with Crippen molar-refractivity contribution in [1.29, 1.82) is 0 Å². The lowest BCUT2D eigenvalue weighted by Gasteiger charge is -1.99. The maximum Gasteiger partial charge on any atom is 0.236 e. The molecule has 0 atom stereocenters. The van der Waals surface area contributed by atoms with E-state index in [1.807, 2.05) is 0 Å². The summed E-state index contributed by atoms with van der Waals surface area (Å²) in [5, 5.41) is 10.8. The lowest BCUT2D eigenvalue weighted by Crippen LogP contribution is -2.19. The summed E-state index contributed by atoms with van der Waals surface area (Å²) in [4.78, 5) is 10.9. The van der Waals surface area contributed by atoms with Crippen molar-refractivity contribution in [3.8, 4) is 0 Å². The van der Waals surface area contributed by atoms with Crippen molar-refractivity contribution in [3.05, 3.63) is 35.4 Å². The van der Waals surface area contributed by atoms with E-state index in [2.05, 4.69) is 15.5 Å². The van der Waals surface area contributed by atoms with Crippen molar-refractivity contribution in [2.75, 3.05) is 12.0 Å². The smallest absolute Gasteiger partial charge is 0.236 e. The van der Waals surface area contributed by atoms with E-state index in [0.29, 0.717) is 10.9 Å². The minimum Gasteiger partial charge on any atom is -0.303 e. The summed E-state index contributed by atoms with van der Waals surface area (Å²) in [5.74, 6) is 0.318. The number of rotatable bonds is 4. The third kappa shape index (κ3) is 4.78. The van der Waals surface area contributed by atoms with Crippen LogP contribution in [-0.4, -0.2) is 37.7 Å². The summed E-state index contributed by atoms with van der Waals surface area (Å²) < 4.78 is 22.3. The molecule has 1 amide bonds. The van der Waals surface area contributed by atoms with E-state index in [0.717, 1.165) is 11.1 Å². The Kier molecular flexibility index (Phi) is 4.56. The maximum atomic E-state index is 11.2. The van der Waals surface area contributed by atoms with Gasteiger partial charge in [-0.15, -0.1) is 5.10 Å². The zero-order valence-electron chi connectivity index (χ0n) is 10.7. The number of nitrogens with one attached hydrogen (secondary N) is 1. The zero-order valence-corrected chi connectivity index (χ0v) is 12.4. The highest BCUT2D eigenvalue weighted by atomic mass is 32.2. The van der Waals surface area contributed by atoms with Gasteiger partial charge in [-0.1, -0.05) is 36.0 Å². The van der Waals surface area contributed by atoms with E-state index in [1.165, 1.54) is 18.0 Å². The van der Waals surface area contributed by atoms with E-state index < -0.39 is 9.84 Å². The monoisotopic (exact) mass is 311 g/mol. The molecule has 1 aromatic rings. The molecule has 0 bridgehead atoms. The number of amidine groups is 1. The molecule has 1 aliphatic heterocycles. The largest absolute Gasteiger partial charge is 0.303 e. The minimum absolute atomic E-state index is 0.0232. The molecule has 20 heavy (non-hydrogen) atoms. The van der Waals surface area contributed by atoms with E-state index in [-0.39, 0.29) is 11.7 Å². The molecule has 0 radical (unpaired) electrons. The molecule has 106 valence electrons. The first-order valence-corrected chi connectivity index (χ1v) is 8.77. The predicted molar refractivity (Wildman–Crippen MR) is 80.6 cm³/mol. The zero-order chi connectivity index (χ0) is 14.6. The van der Waals surface area contributed by atoms with Crippen molar-refractivity contribution in [2.24, 2.45) is 10.2 Å². The molecule has 0 spiro atoms. The molecule has 1 N–H and O–H groups in total. The molecule has 0 aromatic heterocycles. The molecule has 0 aliphatic carbocycles. The summed E-state index contributed by atoms with van der Waals surface area (Å²) >= 11 is 1.30. The summed E-state index contributed by atoms with van der Waals surface area (Å²) in [6.07, 6.45) is 2.74. The number of carbonyl (C=O) groups excluding carboxylic acids is 1. The Labute approximate surface area is 121 Å². The van der Waals surface area contributed by atoms with Gasteiger partial charge in [0.2, 0.25) is 5.91 Å². The summed E-state index contributed by atoms with van der Waals surface area (Å²) in [6.45, 7) is 0. The van der Waals surface area contributed by atoms with Gasteiger partial charge < -0.3 is 5.32 Å². The third-order valence-electron chi connectivity index (χ3n) is 2.35. The predicted octanol–water partition coefficient (Wildman–Crippen LogP) is 0.784. The fraction of sp³-hybridized carbons (Fsp3) is 0.250. The van der Waals surface area contributed by atoms with Crippen LogP contribution in [0.25, 0.3) is 0 Å². The van der Waals surface area contributed by atoms with Gasteiger partial charge in [0.1, 0.15) is 0 Å². The van der Waals surface area contributed by atoms with E-state index >= 15 is 0 Å². The Morgan fingerprint density at radius 1 is 1.35 bits per heavy atom. The van der Waals surface area contributed by atoms with Crippen molar-refractivity contribution in [2.45, 2.75) is 5.75 Å². The van der Waals surface area contributed by atoms with Crippen LogP contribution in [0.4, 0.5) is 0 Å². The van der Waals surface area contributed by atoms with Crippen LogP contribution in [0, 0.1) is 0 Å². The van der Waals surface area contributed by atoms with Gasteiger partial charge in [0.15, 0.2) is 15.0 Å².